The molecule has 0 atom stereocenters. The zero-order valence-corrected chi connectivity index (χ0v) is 8.14. The Labute approximate surface area is 83.4 Å². The molecule has 0 saturated heterocycles. The Hall–Kier alpha value is -1.77. The van der Waals surface area contributed by atoms with Crippen LogP contribution >= 0.6 is 0 Å². The Morgan fingerprint density at radius 2 is 2.07 bits per heavy atom. The Morgan fingerprint density at radius 1 is 1.29 bits per heavy atom. The second kappa shape index (κ2) is 3.96. The van der Waals surface area contributed by atoms with Crippen molar-refractivity contribution >= 4 is 5.69 Å². The smallest absolute Gasteiger partial charge is 0.125 e. The van der Waals surface area contributed by atoms with Crippen molar-refractivity contribution in [3.05, 3.63) is 48.5 Å². The molecule has 2 aromatic rings. The highest BCUT2D eigenvalue weighted by Gasteiger charge is 2.01. The number of aromatic amines is 1. The molecule has 1 N–H and O–H groups in total. The zero-order valence-electron chi connectivity index (χ0n) is 8.14. The van der Waals surface area contributed by atoms with Crippen molar-refractivity contribution in [3.8, 4) is 0 Å². The van der Waals surface area contributed by atoms with Gasteiger partial charge in [-0.05, 0) is 12.1 Å². The van der Waals surface area contributed by atoms with Gasteiger partial charge >= 0.3 is 0 Å². The number of rotatable bonds is 3. The van der Waals surface area contributed by atoms with Gasteiger partial charge in [0.15, 0.2) is 0 Å². The maximum absolute atomic E-state index is 4.18. The molecule has 0 saturated carbocycles. The van der Waals surface area contributed by atoms with Crippen molar-refractivity contribution in [2.24, 2.45) is 0 Å². The summed E-state index contributed by atoms with van der Waals surface area (Å²) in [4.78, 5) is 9.42. The molecule has 3 heteroatoms. The molecular formula is C11H13N3. The van der Waals surface area contributed by atoms with Gasteiger partial charge in [0.25, 0.3) is 0 Å². The van der Waals surface area contributed by atoms with E-state index in [9.17, 15) is 0 Å². The first-order valence-electron chi connectivity index (χ1n) is 4.61. The summed E-state index contributed by atoms with van der Waals surface area (Å²) in [6, 6.07) is 10.3. The van der Waals surface area contributed by atoms with Crippen LogP contribution in [0.2, 0.25) is 0 Å². The fourth-order valence-corrected chi connectivity index (χ4v) is 1.38. The van der Waals surface area contributed by atoms with Crippen LogP contribution in [0.5, 0.6) is 0 Å². The summed E-state index contributed by atoms with van der Waals surface area (Å²) >= 11 is 0. The van der Waals surface area contributed by atoms with E-state index in [4.69, 9.17) is 0 Å². The molecular weight excluding hydrogens is 174 g/mol. The maximum Gasteiger partial charge on any atom is 0.125 e. The molecule has 1 aromatic heterocycles. The molecule has 3 nitrogen and oxygen atoms in total. The summed E-state index contributed by atoms with van der Waals surface area (Å²) in [5, 5.41) is 0. The van der Waals surface area contributed by atoms with Gasteiger partial charge in [0, 0.05) is 25.1 Å². The Bertz CT molecular complexity index is 367. The van der Waals surface area contributed by atoms with Crippen molar-refractivity contribution in [1.82, 2.24) is 9.97 Å². The van der Waals surface area contributed by atoms with Crippen LogP contribution in [-0.2, 0) is 6.54 Å². The van der Waals surface area contributed by atoms with Gasteiger partial charge in [-0.3, -0.25) is 0 Å². The SMILES string of the molecule is CN(Cc1ncc[nH]1)c1ccccc1. The van der Waals surface area contributed by atoms with Gasteiger partial charge < -0.3 is 9.88 Å². The summed E-state index contributed by atoms with van der Waals surface area (Å²) < 4.78 is 0. The van der Waals surface area contributed by atoms with Crippen molar-refractivity contribution in [2.45, 2.75) is 6.54 Å². The van der Waals surface area contributed by atoms with Crippen LogP contribution in [0.3, 0.4) is 0 Å². The standard InChI is InChI=1S/C11H13N3/c1-14(9-11-12-7-8-13-11)10-5-3-2-4-6-10/h2-8H,9H2,1H3,(H,12,13). The van der Waals surface area contributed by atoms with Crippen LogP contribution in [0.4, 0.5) is 5.69 Å². The third kappa shape index (κ3) is 1.93. The molecule has 2 rings (SSSR count). The van der Waals surface area contributed by atoms with Crippen LogP contribution in [-0.4, -0.2) is 17.0 Å². The molecule has 0 aliphatic rings. The van der Waals surface area contributed by atoms with Gasteiger partial charge in [0.1, 0.15) is 5.82 Å². The minimum absolute atomic E-state index is 0.803. The van der Waals surface area contributed by atoms with E-state index in [2.05, 4.69) is 34.0 Å². The van der Waals surface area contributed by atoms with E-state index >= 15 is 0 Å². The zero-order chi connectivity index (χ0) is 9.80. The van der Waals surface area contributed by atoms with E-state index in [1.54, 1.807) is 6.20 Å². The topological polar surface area (TPSA) is 31.9 Å². The third-order valence-corrected chi connectivity index (χ3v) is 2.14. The number of H-pyrrole nitrogens is 1. The molecule has 0 aliphatic carbocycles. The third-order valence-electron chi connectivity index (χ3n) is 2.14. The van der Waals surface area contributed by atoms with Crippen molar-refractivity contribution < 1.29 is 0 Å². The van der Waals surface area contributed by atoms with Crippen molar-refractivity contribution in [3.63, 3.8) is 0 Å². The van der Waals surface area contributed by atoms with Gasteiger partial charge in [-0.15, -0.1) is 0 Å². The fraction of sp³-hybridized carbons (Fsp3) is 0.182. The van der Waals surface area contributed by atoms with Crippen molar-refractivity contribution in [1.29, 1.82) is 0 Å². The van der Waals surface area contributed by atoms with E-state index < -0.39 is 0 Å². The minimum atomic E-state index is 0.803. The van der Waals surface area contributed by atoms with Crippen molar-refractivity contribution in [2.75, 3.05) is 11.9 Å². The number of nitrogens with zero attached hydrogens (tertiary/aromatic N) is 2. The summed E-state index contributed by atoms with van der Waals surface area (Å²) in [5.41, 5.74) is 1.20. The van der Waals surface area contributed by atoms with Gasteiger partial charge in [-0.25, -0.2) is 4.98 Å². The average molecular weight is 187 g/mol. The molecule has 14 heavy (non-hydrogen) atoms. The summed E-state index contributed by atoms with van der Waals surface area (Å²) in [7, 11) is 2.05. The predicted molar refractivity (Wildman–Crippen MR) is 57.1 cm³/mol. The summed E-state index contributed by atoms with van der Waals surface area (Å²) in [6.07, 6.45) is 3.61. The summed E-state index contributed by atoms with van der Waals surface area (Å²) in [6.45, 7) is 0.803. The lowest BCUT2D eigenvalue weighted by molar-refractivity contribution is 0.860. The number of aromatic nitrogens is 2. The van der Waals surface area contributed by atoms with Crippen LogP contribution in [0, 0.1) is 0 Å². The number of benzene rings is 1. The lowest BCUT2D eigenvalue weighted by atomic mass is 10.3. The summed E-state index contributed by atoms with van der Waals surface area (Å²) in [5.74, 6) is 0.983. The molecule has 0 unspecified atom stereocenters. The highest BCUT2D eigenvalue weighted by Crippen LogP contribution is 2.12. The average Bonchev–Trinajstić information content (AvgIpc) is 2.72. The van der Waals surface area contributed by atoms with Crippen LogP contribution in [0.25, 0.3) is 0 Å². The van der Waals surface area contributed by atoms with Gasteiger partial charge in [-0.2, -0.15) is 0 Å². The van der Waals surface area contributed by atoms with E-state index in [1.165, 1.54) is 5.69 Å². The van der Waals surface area contributed by atoms with Gasteiger partial charge in [0.05, 0.1) is 6.54 Å². The molecule has 1 aromatic carbocycles. The first kappa shape index (κ1) is 8.81. The lowest BCUT2D eigenvalue weighted by Gasteiger charge is -2.17. The monoisotopic (exact) mass is 187 g/mol. The number of hydrogen-bond donors (Lipinski definition) is 1. The maximum atomic E-state index is 4.18. The fourth-order valence-electron chi connectivity index (χ4n) is 1.38. The number of para-hydroxylation sites is 1. The number of imidazole rings is 1. The molecule has 0 spiro atoms. The quantitative estimate of drug-likeness (QED) is 0.797. The Kier molecular flexibility index (Phi) is 2.49. The van der Waals surface area contributed by atoms with E-state index in [0.717, 1.165) is 12.4 Å². The molecule has 0 radical (unpaired) electrons. The molecule has 1 heterocycles. The van der Waals surface area contributed by atoms with Crippen LogP contribution in [0.15, 0.2) is 42.7 Å². The van der Waals surface area contributed by atoms with E-state index in [-0.39, 0.29) is 0 Å². The Balaban J connectivity index is 2.07. The molecule has 0 amide bonds. The predicted octanol–water partition coefficient (Wildman–Crippen LogP) is 2.05. The number of hydrogen-bond acceptors (Lipinski definition) is 2. The highest BCUT2D eigenvalue weighted by molar-refractivity contribution is 5.44. The Morgan fingerprint density at radius 3 is 2.71 bits per heavy atom. The van der Waals surface area contributed by atoms with E-state index in [0.29, 0.717) is 0 Å². The van der Waals surface area contributed by atoms with E-state index in [1.807, 2.05) is 24.4 Å². The largest absolute Gasteiger partial charge is 0.367 e. The van der Waals surface area contributed by atoms with Gasteiger partial charge in [-0.1, -0.05) is 18.2 Å². The number of nitrogens with one attached hydrogen (secondary N) is 1. The highest BCUT2D eigenvalue weighted by atomic mass is 15.1. The molecule has 0 fully saturated rings. The number of anilines is 1. The second-order valence-corrected chi connectivity index (χ2v) is 3.23. The molecule has 72 valence electrons. The normalized spacial score (nSPS) is 10.1. The molecule has 0 bridgehead atoms. The second-order valence-electron chi connectivity index (χ2n) is 3.23. The van der Waals surface area contributed by atoms with Gasteiger partial charge in [0.2, 0.25) is 0 Å². The minimum Gasteiger partial charge on any atom is -0.367 e. The van der Waals surface area contributed by atoms with Crippen LogP contribution < -0.4 is 4.90 Å². The van der Waals surface area contributed by atoms with Crippen LogP contribution in [0.1, 0.15) is 5.82 Å². The molecule has 0 aliphatic heterocycles. The first-order chi connectivity index (χ1) is 6.86. The first-order valence-corrected chi connectivity index (χ1v) is 4.61. The lowest BCUT2D eigenvalue weighted by Crippen LogP contribution is -2.16.